The van der Waals surface area contributed by atoms with Crippen molar-refractivity contribution in [2.45, 2.75) is 64.5 Å². The van der Waals surface area contributed by atoms with Crippen molar-refractivity contribution in [1.29, 1.82) is 0 Å². The van der Waals surface area contributed by atoms with Gasteiger partial charge < -0.3 is 19.9 Å². The first kappa shape index (κ1) is 24.4. The maximum atomic E-state index is 12.9. The van der Waals surface area contributed by atoms with Crippen LogP contribution in [0, 0.1) is 6.92 Å². The molecule has 1 fully saturated rings. The van der Waals surface area contributed by atoms with Gasteiger partial charge in [-0.25, -0.2) is 4.79 Å². The number of carbonyl (C=O) groups excluding carboxylic acids is 2. The van der Waals surface area contributed by atoms with E-state index in [0.717, 1.165) is 28.1 Å². The third-order valence-electron chi connectivity index (χ3n) is 6.96. The SMILES string of the molecule is Cc1c(Cl)cccc1[C@@]1(Nc2ccc3c(c2)N(C)C(=O)C3(C)C)CCN(C(=O)OC(C)(C)C)C1. The van der Waals surface area contributed by atoms with E-state index in [1.165, 1.54) is 0 Å². The smallest absolute Gasteiger partial charge is 0.410 e. The summed E-state index contributed by atoms with van der Waals surface area (Å²) in [6, 6.07) is 12.0. The van der Waals surface area contributed by atoms with Crippen molar-refractivity contribution < 1.29 is 14.3 Å². The Kier molecular flexibility index (Phi) is 5.88. The van der Waals surface area contributed by atoms with Crippen LogP contribution < -0.4 is 10.2 Å². The summed E-state index contributed by atoms with van der Waals surface area (Å²) >= 11 is 6.51. The van der Waals surface area contributed by atoms with Crippen LogP contribution in [-0.2, 0) is 20.5 Å². The highest BCUT2D eigenvalue weighted by atomic mass is 35.5. The summed E-state index contributed by atoms with van der Waals surface area (Å²) < 4.78 is 5.65. The Morgan fingerprint density at radius 3 is 2.53 bits per heavy atom. The zero-order chi connectivity index (χ0) is 25.1. The molecule has 4 rings (SSSR count). The molecule has 34 heavy (non-hydrogen) atoms. The van der Waals surface area contributed by atoms with E-state index in [1.807, 2.05) is 78.9 Å². The van der Waals surface area contributed by atoms with Gasteiger partial charge in [0.05, 0.1) is 17.5 Å². The minimum absolute atomic E-state index is 0.0806. The number of rotatable bonds is 3. The fraction of sp³-hybridized carbons (Fsp3) is 0.481. The zero-order valence-electron chi connectivity index (χ0n) is 21.1. The number of fused-ring (bicyclic) bond motifs is 1. The van der Waals surface area contributed by atoms with Gasteiger partial charge in [0.15, 0.2) is 0 Å². The molecular weight excluding hydrogens is 450 g/mol. The number of hydrogen-bond donors (Lipinski definition) is 1. The van der Waals surface area contributed by atoms with Gasteiger partial charge in [-0.15, -0.1) is 0 Å². The van der Waals surface area contributed by atoms with Crippen molar-refractivity contribution in [3.63, 3.8) is 0 Å². The number of ether oxygens (including phenoxy) is 1. The summed E-state index contributed by atoms with van der Waals surface area (Å²) in [4.78, 5) is 29.1. The van der Waals surface area contributed by atoms with Crippen LogP contribution in [0.1, 0.15) is 57.7 Å². The van der Waals surface area contributed by atoms with Crippen molar-refractivity contribution in [3.8, 4) is 0 Å². The zero-order valence-corrected chi connectivity index (χ0v) is 21.8. The Morgan fingerprint density at radius 1 is 1.15 bits per heavy atom. The van der Waals surface area contributed by atoms with E-state index in [0.29, 0.717) is 24.5 Å². The lowest BCUT2D eigenvalue weighted by Gasteiger charge is -2.34. The fourth-order valence-electron chi connectivity index (χ4n) is 5.14. The molecule has 0 saturated carbocycles. The summed E-state index contributed by atoms with van der Waals surface area (Å²) in [7, 11) is 1.82. The summed E-state index contributed by atoms with van der Waals surface area (Å²) in [5.41, 5.74) is 3.18. The molecule has 2 aromatic rings. The lowest BCUT2D eigenvalue weighted by molar-refractivity contribution is -0.121. The number of likely N-dealkylation sites (tertiary alicyclic amines) is 1. The van der Waals surface area contributed by atoms with Crippen molar-refractivity contribution in [2.24, 2.45) is 0 Å². The number of halogens is 1. The van der Waals surface area contributed by atoms with Gasteiger partial charge in [-0.3, -0.25) is 4.79 Å². The molecule has 0 aromatic heterocycles. The highest BCUT2D eigenvalue weighted by Crippen LogP contribution is 2.44. The molecule has 1 saturated heterocycles. The van der Waals surface area contributed by atoms with E-state index in [4.69, 9.17) is 16.3 Å². The quantitative estimate of drug-likeness (QED) is 0.594. The average molecular weight is 484 g/mol. The number of hydrogen-bond acceptors (Lipinski definition) is 4. The maximum absolute atomic E-state index is 12.9. The number of nitrogens with zero attached hydrogens (tertiary/aromatic N) is 2. The molecule has 2 aliphatic rings. The predicted octanol–water partition coefficient (Wildman–Crippen LogP) is 5.85. The molecule has 2 aromatic carbocycles. The molecule has 1 N–H and O–H groups in total. The largest absolute Gasteiger partial charge is 0.444 e. The maximum Gasteiger partial charge on any atom is 0.410 e. The van der Waals surface area contributed by atoms with Crippen molar-refractivity contribution in [1.82, 2.24) is 4.90 Å². The Labute approximate surface area is 207 Å². The number of nitrogens with one attached hydrogen (secondary N) is 1. The molecule has 2 amide bonds. The second-order valence-corrected chi connectivity index (χ2v) is 11.4. The number of likely N-dealkylation sites (N-methyl/N-ethyl adjacent to an activating group) is 1. The number of anilines is 2. The van der Waals surface area contributed by atoms with Crippen molar-refractivity contribution in [3.05, 3.63) is 58.1 Å². The average Bonchev–Trinajstić information content (AvgIpc) is 3.24. The first-order valence-corrected chi connectivity index (χ1v) is 12.1. The standard InChI is InChI=1S/C27H34ClN3O3/c1-17-19(9-8-10-21(17)28)27(13-14-31(16-27)24(33)34-25(2,3)4)29-18-11-12-20-22(15-18)30(7)23(32)26(20,5)6/h8-12,15,29H,13-14,16H2,1-7H3/t27-/m1/s1. The van der Waals surface area contributed by atoms with Gasteiger partial charge in [0, 0.05) is 30.0 Å². The van der Waals surface area contributed by atoms with E-state index in [9.17, 15) is 9.59 Å². The van der Waals surface area contributed by atoms with Crippen LogP contribution in [0.2, 0.25) is 5.02 Å². The van der Waals surface area contributed by atoms with Crippen LogP contribution in [0.25, 0.3) is 0 Å². The molecule has 2 aliphatic heterocycles. The molecule has 6 nitrogen and oxygen atoms in total. The first-order valence-electron chi connectivity index (χ1n) is 11.7. The van der Waals surface area contributed by atoms with Gasteiger partial charge in [-0.2, -0.15) is 0 Å². The fourth-order valence-corrected chi connectivity index (χ4v) is 5.32. The van der Waals surface area contributed by atoms with E-state index >= 15 is 0 Å². The summed E-state index contributed by atoms with van der Waals surface area (Å²) in [5, 5.41) is 4.42. The van der Waals surface area contributed by atoms with Gasteiger partial charge in [0.1, 0.15) is 5.60 Å². The molecule has 7 heteroatoms. The van der Waals surface area contributed by atoms with E-state index in [-0.39, 0.29) is 12.0 Å². The van der Waals surface area contributed by atoms with E-state index in [1.54, 1.807) is 9.80 Å². The van der Waals surface area contributed by atoms with Gasteiger partial charge in [-0.05, 0) is 82.9 Å². The first-order chi connectivity index (χ1) is 15.7. The monoisotopic (exact) mass is 483 g/mol. The van der Waals surface area contributed by atoms with Crippen LogP contribution in [0.3, 0.4) is 0 Å². The van der Waals surface area contributed by atoms with Crippen LogP contribution in [0.5, 0.6) is 0 Å². The second kappa shape index (κ2) is 8.19. The summed E-state index contributed by atoms with van der Waals surface area (Å²) in [5.74, 6) is 0.0806. The third kappa shape index (κ3) is 4.13. The highest BCUT2D eigenvalue weighted by molar-refractivity contribution is 6.31. The van der Waals surface area contributed by atoms with Crippen molar-refractivity contribution in [2.75, 3.05) is 30.4 Å². The van der Waals surface area contributed by atoms with Gasteiger partial charge >= 0.3 is 6.09 Å². The molecule has 182 valence electrons. The highest BCUT2D eigenvalue weighted by Gasteiger charge is 2.45. The molecule has 0 unspecified atom stereocenters. The van der Waals surface area contributed by atoms with Gasteiger partial charge in [0.2, 0.25) is 5.91 Å². The summed E-state index contributed by atoms with van der Waals surface area (Å²) in [6.07, 6.45) is 0.377. The third-order valence-corrected chi connectivity index (χ3v) is 7.37. The molecular formula is C27H34ClN3O3. The number of carbonyl (C=O) groups is 2. The molecule has 0 spiro atoms. The molecule has 0 aliphatic carbocycles. The lowest BCUT2D eigenvalue weighted by atomic mass is 9.84. The second-order valence-electron chi connectivity index (χ2n) is 11.0. The van der Waals surface area contributed by atoms with E-state index < -0.39 is 16.6 Å². The van der Waals surface area contributed by atoms with Crippen LogP contribution in [0.4, 0.5) is 16.2 Å². The topological polar surface area (TPSA) is 61.9 Å². The van der Waals surface area contributed by atoms with Crippen LogP contribution in [-0.4, -0.2) is 42.6 Å². The molecule has 0 bridgehead atoms. The molecule has 2 heterocycles. The van der Waals surface area contributed by atoms with E-state index in [2.05, 4.69) is 11.4 Å². The Hall–Kier alpha value is -2.73. The molecule has 0 radical (unpaired) electrons. The summed E-state index contributed by atoms with van der Waals surface area (Å²) in [6.45, 7) is 12.5. The minimum atomic E-state index is -0.564. The van der Waals surface area contributed by atoms with Crippen LogP contribution in [0.15, 0.2) is 36.4 Å². The van der Waals surface area contributed by atoms with Gasteiger partial charge in [0.25, 0.3) is 0 Å². The molecule has 1 atom stereocenters. The Bertz CT molecular complexity index is 1150. The predicted molar refractivity (Wildman–Crippen MR) is 137 cm³/mol. The van der Waals surface area contributed by atoms with Gasteiger partial charge in [-0.1, -0.05) is 29.8 Å². The number of benzene rings is 2. The number of amides is 2. The Morgan fingerprint density at radius 2 is 1.85 bits per heavy atom. The lowest BCUT2D eigenvalue weighted by Crippen LogP contribution is -2.42. The Balaban J connectivity index is 1.72. The minimum Gasteiger partial charge on any atom is -0.444 e. The van der Waals surface area contributed by atoms with Crippen LogP contribution >= 0.6 is 11.6 Å². The van der Waals surface area contributed by atoms with Crippen molar-refractivity contribution >= 4 is 35.0 Å². The normalized spacial score (nSPS) is 21.6.